The van der Waals surface area contributed by atoms with Crippen LogP contribution in [0.5, 0.6) is 5.75 Å². The van der Waals surface area contributed by atoms with E-state index in [1.807, 2.05) is 0 Å². The fourth-order valence-corrected chi connectivity index (χ4v) is 2.01. The summed E-state index contributed by atoms with van der Waals surface area (Å²) in [5.74, 6) is 0.619. The molecule has 0 spiro atoms. The Bertz CT molecular complexity index is 732. The minimum absolute atomic E-state index is 0.303. The van der Waals surface area contributed by atoms with E-state index in [-0.39, 0.29) is 11.6 Å². The topological polar surface area (TPSA) is 89.0 Å². The molecule has 7 heteroatoms. The second-order valence-corrected chi connectivity index (χ2v) is 4.74. The molecule has 0 bridgehead atoms. The zero-order chi connectivity index (χ0) is 16.1. The molecule has 1 unspecified atom stereocenters. The monoisotopic (exact) mass is 302 g/mol. The van der Waals surface area contributed by atoms with Gasteiger partial charge >= 0.3 is 5.69 Å². The molecule has 0 aliphatic rings. The van der Waals surface area contributed by atoms with Gasteiger partial charge in [-0.05, 0) is 19.1 Å². The molecule has 0 saturated heterocycles. The lowest BCUT2D eigenvalue weighted by atomic mass is 10.1. The average Bonchev–Trinajstić information content (AvgIpc) is 2.85. The van der Waals surface area contributed by atoms with Crippen molar-refractivity contribution in [1.29, 1.82) is 0 Å². The number of ether oxygens (including phenoxy) is 1. The molecule has 1 atom stereocenters. The van der Waals surface area contributed by atoms with Gasteiger partial charge in [0, 0.05) is 7.05 Å². The van der Waals surface area contributed by atoms with E-state index in [2.05, 4.69) is 22.1 Å². The van der Waals surface area contributed by atoms with Crippen molar-refractivity contribution >= 4 is 5.91 Å². The highest BCUT2D eigenvalue weighted by Crippen LogP contribution is 2.19. The van der Waals surface area contributed by atoms with Crippen LogP contribution in [0.25, 0.3) is 0 Å². The molecule has 2 rings (SSSR count). The van der Waals surface area contributed by atoms with E-state index in [9.17, 15) is 9.59 Å². The van der Waals surface area contributed by atoms with Crippen LogP contribution in [0.1, 0.15) is 29.1 Å². The van der Waals surface area contributed by atoms with Crippen molar-refractivity contribution in [2.45, 2.75) is 13.0 Å². The Balaban J connectivity index is 2.17. The van der Waals surface area contributed by atoms with E-state index < -0.39 is 6.04 Å². The second-order valence-electron chi connectivity index (χ2n) is 4.74. The zero-order valence-corrected chi connectivity index (χ0v) is 12.5. The summed E-state index contributed by atoms with van der Waals surface area (Å²) in [7, 11) is 1.59. The molecule has 2 N–H and O–H groups in total. The zero-order valence-electron chi connectivity index (χ0n) is 12.5. The quantitative estimate of drug-likeness (QED) is 0.784. The average molecular weight is 302 g/mol. The van der Waals surface area contributed by atoms with Crippen molar-refractivity contribution in [3.8, 4) is 5.75 Å². The van der Waals surface area contributed by atoms with Crippen molar-refractivity contribution in [1.82, 2.24) is 20.1 Å². The van der Waals surface area contributed by atoms with Crippen molar-refractivity contribution in [3.63, 3.8) is 0 Å². The molecule has 1 heterocycles. The summed E-state index contributed by atoms with van der Waals surface area (Å²) in [6, 6.07) is 6.50. The number of benzene rings is 1. The van der Waals surface area contributed by atoms with E-state index >= 15 is 0 Å². The molecule has 116 valence electrons. The number of aromatic nitrogens is 3. The molecule has 0 aliphatic carbocycles. The van der Waals surface area contributed by atoms with Crippen LogP contribution < -0.4 is 15.7 Å². The van der Waals surface area contributed by atoms with Crippen molar-refractivity contribution in [2.75, 3.05) is 6.61 Å². The van der Waals surface area contributed by atoms with Crippen LogP contribution in [-0.4, -0.2) is 27.3 Å². The van der Waals surface area contributed by atoms with Gasteiger partial charge in [0.25, 0.3) is 5.91 Å². The maximum atomic E-state index is 12.4. The molecule has 0 aliphatic heterocycles. The first-order valence-corrected chi connectivity index (χ1v) is 6.79. The molecule has 0 saturated carbocycles. The third-order valence-electron chi connectivity index (χ3n) is 3.14. The van der Waals surface area contributed by atoms with E-state index in [1.54, 1.807) is 44.3 Å². The number of amides is 1. The fourth-order valence-electron chi connectivity index (χ4n) is 2.01. The standard InChI is InChI=1S/C15H18N4O3/c1-4-9-22-12-8-6-5-7-11(12)14(20)16-10(2)13-17-18-15(21)19(13)3/h4-8,10H,1,9H2,2-3H3,(H,16,20)(H,18,21). The third kappa shape index (κ3) is 3.25. The minimum Gasteiger partial charge on any atom is -0.489 e. The SMILES string of the molecule is C=CCOc1ccccc1C(=O)NC(C)c1n[nH]c(=O)n1C. The van der Waals surface area contributed by atoms with Crippen LogP contribution in [-0.2, 0) is 7.05 Å². The summed E-state index contributed by atoms with van der Waals surface area (Å²) in [6.45, 7) is 5.64. The molecule has 1 aromatic carbocycles. The Morgan fingerprint density at radius 2 is 2.27 bits per heavy atom. The molecule has 1 amide bonds. The summed E-state index contributed by atoms with van der Waals surface area (Å²) >= 11 is 0. The highest BCUT2D eigenvalue weighted by molar-refractivity contribution is 5.97. The lowest BCUT2D eigenvalue weighted by molar-refractivity contribution is 0.0934. The highest BCUT2D eigenvalue weighted by atomic mass is 16.5. The van der Waals surface area contributed by atoms with E-state index in [4.69, 9.17) is 4.74 Å². The summed E-state index contributed by atoms with van der Waals surface area (Å²) in [5, 5.41) is 9.04. The van der Waals surface area contributed by atoms with Crippen LogP contribution in [0.3, 0.4) is 0 Å². The van der Waals surface area contributed by atoms with Gasteiger partial charge in [0.1, 0.15) is 12.4 Å². The van der Waals surface area contributed by atoms with Gasteiger partial charge in [-0.3, -0.25) is 9.36 Å². The first-order chi connectivity index (χ1) is 10.5. The van der Waals surface area contributed by atoms with E-state index in [1.165, 1.54) is 4.57 Å². The van der Waals surface area contributed by atoms with Gasteiger partial charge in [0.15, 0.2) is 5.82 Å². The third-order valence-corrected chi connectivity index (χ3v) is 3.14. The predicted octanol–water partition coefficient (Wildman–Crippen LogP) is 1.16. The maximum Gasteiger partial charge on any atom is 0.343 e. The van der Waals surface area contributed by atoms with Gasteiger partial charge < -0.3 is 10.1 Å². The number of nitrogens with one attached hydrogen (secondary N) is 2. The number of H-pyrrole nitrogens is 1. The lowest BCUT2D eigenvalue weighted by Crippen LogP contribution is -2.29. The lowest BCUT2D eigenvalue weighted by Gasteiger charge is -2.14. The Labute approximate surface area is 127 Å². The number of carbonyl (C=O) groups excluding carboxylic acids is 1. The van der Waals surface area contributed by atoms with Gasteiger partial charge in [0.2, 0.25) is 0 Å². The molecular formula is C15H18N4O3. The summed E-state index contributed by atoms with van der Waals surface area (Å²) in [4.78, 5) is 23.8. The largest absolute Gasteiger partial charge is 0.489 e. The first kappa shape index (κ1) is 15.6. The number of hydrogen-bond donors (Lipinski definition) is 2. The van der Waals surface area contributed by atoms with Gasteiger partial charge in [0.05, 0.1) is 11.6 Å². The number of hydrogen-bond acceptors (Lipinski definition) is 4. The maximum absolute atomic E-state index is 12.4. The number of nitrogens with zero attached hydrogens (tertiary/aromatic N) is 2. The number of rotatable bonds is 6. The van der Waals surface area contributed by atoms with E-state index in [0.717, 1.165) is 0 Å². The van der Waals surface area contributed by atoms with Crippen LogP contribution in [0, 0.1) is 0 Å². The van der Waals surface area contributed by atoms with Gasteiger partial charge in [-0.15, -0.1) is 0 Å². The van der Waals surface area contributed by atoms with Crippen molar-refractivity contribution < 1.29 is 9.53 Å². The van der Waals surface area contributed by atoms with E-state index in [0.29, 0.717) is 23.7 Å². The molecule has 7 nitrogen and oxygen atoms in total. The smallest absolute Gasteiger partial charge is 0.343 e. The Hall–Kier alpha value is -2.83. The fraction of sp³-hybridized carbons (Fsp3) is 0.267. The predicted molar refractivity (Wildman–Crippen MR) is 81.8 cm³/mol. The number of aromatic amines is 1. The first-order valence-electron chi connectivity index (χ1n) is 6.79. The molecule has 1 aromatic heterocycles. The van der Waals surface area contributed by atoms with Gasteiger partial charge in [-0.1, -0.05) is 24.8 Å². The van der Waals surface area contributed by atoms with Crippen molar-refractivity contribution in [3.05, 3.63) is 58.8 Å². The summed E-state index contributed by atoms with van der Waals surface area (Å²) < 4.78 is 6.82. The van der Waals surface area contributed by atoms with Crippen LogP contribution in [0.15, 0.2) is 41.7 Å². The summed E-state index contributed by atoms with van der Waals surface area (Å²) in [5.41, 5.74) is 0.0857. The molecule has 2 aromatic rings. The molecule has 22 heavy (non-hydrogen) atoms. The molecular weight excluding hydrogens is 284 g/mol. The van der Waals surface area contributed by atoms with Gasteiger partial charge in [-0.2, -0.15) is 5.10 Å². The summed E-state index contributed by atoms with van der Waals surface area (Å²) in [6.07, 6.45) is 1.61. The normalized spacial score (nSPS) is 11.7. The van der Waals surface area contributed by atoms with Crippen LogP contribution >= 0.6 is 0 Å². The molecule has 0 radical (unpaired) electrons. The molecule has 0 fully saturated rings. The Kier molecular flexibility index (Phi) is 4.77. The number of carbonyl (C=O) groups is 1. The highest BCUT2D eigenvalue weighted by Gasteiger charge is 2.18. The Morgan fingerprint density at radius 3 is 2.91 bits per heavy atom. The minimum atomic E-state index is -0.427. The van der Waals surface area contributed by atoms with Gasteiger partial charge in [-0.25, -0.2) is 9.89 Å². The Morgan fingerprint density at radius 1 is 1.55 bits per heavy atom. The van der Waals surface area contributed by atoms with Crippen LogP contribution in [0.2, 0.25) is 0 Å². The second kappa shape index (κ2) is 6.75. The number of para-hydroxylation sites is 1. The van der Waals surface area contributed by atoms with Crippen molar-refractivity contribution in [2.24, 2.45) is 7.05 Å². The van der Waals surface area contributed by atoms with Crippen LogP contribution in [0.4, 0.5) is 0 Å².